The lowest BCUT2D eigenvalue weighted by atomic mass is 10.1. The number of carboxylic acid groups (broad SMARTS) is 1. The third-order valence-electron chi connectivity index (χ3n) is 4.69. The van der Waals surface area contributed by atoms with Crippen LogP contribution < -0.4 is 22.5 Å². The summed E-state index contributed by atoms with van der Waals surface area (Å²) in [5.74, 6) is -1.75. The summed E-state index contributed by atoms with van der Waals surface area (Å²) in [6.45, 7) is 1.43. The van der Waals surface area contributed by atoms with E-state index in [1.165, 1.54) is 4.90 Å². The molecule has 1 fully saturated rings. The molecule has 0 spiro atoms. The lowest BCUT2D eigenvalue weighted by Gasteiger charge is -2.28. The molecule has 1 heterocycles. The van der Waals surface area contributed by atoms with Crippen molar-refractivity contribution in [3.63, 3.8) is 0 Å². The number of amides is 2. The fourth-order valence-electron chi connectivity index (χ4n) is 3.16. The molecule has 3 atom stereocenters. The van der Waals surface area contributed by atoms with Crippen molar-refractivity contribution in [3.05, 3.63) is 0 Å². The standard InChI is InChI=1S/C17H33N5O4/c18-9-3-1-6-12(20)15(23)21-13(7-2-4-10-19)16(24)22-11-5-8-14(22)17(25)26/h12-14H,1-11,18-20H2,(H,21,23)(H,25,26). The largest absolute Gasteiger partial charge is 0.480 e. The Labute approximate surface area is 154 Å². The maximum Gasteiger partial charge on any atom is 0.326 e. The van der Waals surface area contributed by atoms with E-state index in [4.69, 9.17) is 17.2 Å². The van der Waals surface area contributed by atoms with Crippen molar-refractivity contribution in [3.8, 4) is 0 Å². The Hall–Kier alpha value is -1.71. The summed E-state index contributed by atoms with van der Waals surface area (Å²) >= 11 is 0. The number of nitrogens with two attached hydrogens (primary N) is 3. The van der Waals surface area contributed by atoms with E-state index in [-0.39, 0.29) is 11.8 Å². The molecular formula is C17H33N5O4. The molecule has 0 bridgehead atoms. The second-order valence-corrected chi connectivity index (χ2v) is 6.76. The van der Waals surface area contributed by atoms with Crippen LogP contribution >= 0.6 is 0 Å². The molecule has 0 aromatic heterocycles. The molecule has 0 aromatic rings. The normalized spacial score (nSPS) is 19.2. The molecule has 2 amide bonds. The van der Waals surface area contributed by atoms with Crippen molar-refractivity contribution in [2.24, 2.45) is 17.2 Å². The van der Waals surface area contributed by atoms with Crippen LogP contribution in [-0.4, -0.2) is 65.5 Å². The van der Waals surface area contributed by atoms with E-state index in [1.807, 2.05) is 0 Å². The van der Waals surface area contributed by atoms with Crippen molar-refractivity contribution >= 4 is 17.8 Å². The first-order chi connectivity index (χ1) is 12.4. The van der Waals surface area contributed by atoms with Gasteiger partial charge in [0, 0.05) is 6.54 Å². The topological polar surface area (TPSA) is 165 Å². The number of nitrogens with zero attached hydrogens (tertiary/aromatic N) is 1. The first-order valence-electron chi connectivity index (χ1n) is 9.41. The fraction of sp³-hybridized carbons (Fsp3) is 0.824. The Kier molecular flexibility index (Phi) is 10.2. The molecule has 9 heteroatoms. The maximum absolute atomic E-state index is 12.8. The number of hydrogen-bond acceptors (Lipinski definition) is 6. The highest BCUT2D eigenvalue weighted by Crippen LogP contribution is 2.20. The van der Waals surface area contributed by atoms with Gasteiger partial charge in [0.05, 0.1) is 6.04 Å². The molecule has 0 aromatic carbocycles. The predicted octanol–water partition coefficient (Wildman–Crippen LogP) is -0.868. The lowest BCUT2D eigenvalue weighted by Crippen LogP contribution is -2.54. The van der Waals surface area contributed by atoms with Crippen LogP contribution in [0.15, 0.2) is 0 Å². The summed E-state index contributed by atoms with van der Waals surface area (Å²) < 4.78 is 0. The van der Waals surface area contributed by atoms with Gasteiger partial charge in [0.1, 0.15) is 12.1 Å². The van der Waals surface area contributed by atoms with Gasteiger partial charge in [0.25, 0.3) is 0 Å². The zero-order valence-corrected chi connectivity index (χ0v) is 15.4. The first-order valence-corrected chi connectivity index (χ1v) is 9.41. The number of carboxylic acids is 1. The van der Waals surface area contributed by atoms with Gasteiger partial charge in [-0.2, -0.15) is 0 Å². The van der Waals surface area contributed by atoms with Crippen molar-refractivity contribution in [2.45, 2.75) is 69.5 Å². The third-order valence-corrected chi connectivity index (χ3v) is 4.69. The van der Waals surface area contributed by atoms with Crippen molar-refractivity contribution in [1.82, 2.24) is 10.2 Å². The van der Waals surface area contributed by atoms with E-state index in [0.717, 1.165) is 19.3 Å². The number of unbranched alkanes of at least 4 members (excludes halogenated alkanes) is 2. The highest BCUT2D eigenvalue weighted by Gasteiger charge is 2.37. The Bertz CT molecular complexity index is 474. The Balaban J connectivity index is 2.72. The SMILES string of the molecule is NCCCCC(N)C(=O)NC(CCCCN)C(=O)N1CCCC1C(=O)O. The van der Waals surface area contributed by atoms with E-state index in [1.54, 1.807) is 0 Å². The van der Waals surface area contributed by atoms with Crippen molar-refractivity contribution < 1.29 is 19.5 Å². The van der Waals surface area contributed by atoms with Crippen LogP contribution in [0.3, 0.4) is 0 Å². The summed E-state index contributed by atoms with van der Waals surface area (Å²) in [7, 11) is 0. The smallest absolute Gasteiger partial charge is 0.326 e. The molecule has 1 aliphatic heterocycles. The summed E-state index contributed by atoms with van der Waals surface area (Å²) in [6.07, 6.45) is 4.91. The monoisotopic (exact) mass is 371 g/mol. The molecule has 26 heavy (non-hydrogen) atoms. The summed E-state index contributed by atoms with van der Waals surface area (Å²) in [5, 5.41) is 12.0. The molecule has 0 radical (unpaired) electrons. The average molecular weight is 371 g/mol. The molecule has 0 aliphatic carbocycles. The van der Waals surface area contributed by atoms with E-state index < -0.39 is 24.1 Å². The Morgan fingerprint density at radius 3 is 2.27 bits per heavy atom. The molecule has 150 valence electrons. The summed E-state index contributed by atoms with van der Waals surface area (Å²) in [6, 6.07) is -2.30. The minimum absolute atomic E-state index is 0.352. The van der Waals surface area contributed by atoms with Crippen LogP contribution in [0, 0.1) is 0 Å². The summed E-state index contributed by atoms with van der Waals surface area (Å²) in [5.41, 5.74) is 16.8. The lowest BCUT2D eigenvalue weighted by molar-refractivity contribution is -0.149. The Morgan fingerprint density at radius 2 is 1.69 bits per heavy atom. The number of carbonyl (C=O) groups excluding carboxylic acids is 2. The highest BCUT2D eigenvalue weighted by molar-refractivity contribution is 5.92. The zero-order chi connectivity index (χ0) is 19.5. The van der Waals surface area contributed by atoms with Gasteiger partial charge in [-0.1, -0.05) is 6.42 Å². The molecule has 3 unspecified atom stereocenters. The van der Waals surface area contributed by atoms with E-state index >= 15 is 0 Å². The van der Waals surface area contributed by atoms with Crippen LogP contribution in [0.5, 0.6) is 0 Å². The first kappa shape index (κ1) is 22.3. The molecule has 1 rings (SSSR count). The van der Waals surface area contributed by atoms with E-state index in [2.05, 4.69) is 5.32 Å². The fourth-order valence-corrected chi connectivity index (χ4v) is 3.16. The number of hydrogen-bond donors (Lipinski definition) is 5. The van der Waals surface area contributed by atoms with Crippen LogP contribution in [0.1, 0.15) is 51.4 Å². The molecular weight excluding hydrogens is 338 g/mol. The van der Waals surface area contributed by atoms with Crippen LogP contribution in [0.4, 0.5) is 0 Å². The molecule has 8 N–H and O–H groups in total. The minimum atomic E-state index is -1.01. The van der Waals surface area contributed by atoms with Gasteiger partial charge >= 0.3 is 5.97 Å². The third kappa shape index (κ3) is 6.89. The van der Waals surface area contributed by atoms with Gasteiger partial charge in [-0.05, 0) is 58.0 Å². The number of aliphatic carboxylic acids is 1. The van der Waals surface area contributed by atoms with Crippen LogP contribution in [0.25, 0.3) is 0 Å². The quantitative estimate of drug-likeness (QED) is 0.278. The van der Waals surface area contributed by atoms with E-state index in [9.17, 15) is 19.5 Å². The van der Waals surface area contributed by atoms with Crippen molar-refractivity contribution in [1.29, 1.82) is 0 Å². The van der Waals surface area contributed by atoms with Gasteiger partial charge in [-0.15, -0.1) is 0 Å². The minimum Gasteiger partial charge on any atom is -0.480 e. The van der Waals surface area contributed by atoms with Gasteiger partial charge < -0.3 is 32.5 Å². The number of nitrogens with one attached hydrogen (secondary N) is 1. The summed E-state index contributed by atoms with van der Waals surface area (Å²) in [4.78, 5) is 37.9. The van der Waals surface area contributed by atoms with Gasteiger partial charge in [-0.25, -0.2) is 4.79 Å². The molecule has 1 saturated heterocycles. The molecule has 0 saturated carbocycles. The second kappa shape index (κ2) is 11.8. The molecule has 1 aliphatic rings. The van der Waals surface area contributed by atoms with Gasteiger partial charge in [0.15, 0.2) is 0 Å². The number of carbonyl (C=O) groups is 3. The predicted molar refractivity (Wildman–Crippen MR) is 98.1 cm³/mol. The van der Waals surface area contributed by atoms with E-state index in [0.29, 0.717) is 51.7 Å². The Morgan fingerprint density at radius 1 is 1.08 bits per heavy atom. The van der Waals surface area contributed by atoms with Gasteiger partial charge in [-0.3, -0.25) is 9.59 Å². The van der Waals surface area contributed by atoms with Crippen LogP contribution in [-0.2, 0) is 14.4 Å². The van der Waals surface area contributed by atoms with Gasteiger partial charge in [0.2, 0.25) is 11.8 Å². The number of likely N-dealkylation sites (tertiary alicyclic amines) is 1. The van der Waals surface area contributed by atoms with Crippen LogP contribution in [0.2, 0.25) is 0 Å². The van der Waals surface area contributed by atoms with Crippen molar-refractivity contribution in [2.75, 3.05) is 19.6 Å². The zero-order valence-electron chi connectivity index (χ0n) is 15.4. The number of rotatable bonds is 12. The average Bonchev–Trinajstić information content (AvgIpc) is 3.10. The highest BCUT2D eigenvalue weighted by atomic mass is 16.4. The molecule has 9 nitrogen and oxygen atoms in total. The maximum atomic E-state index is 12.8. The second-order valence-electron chi connectivity index (χ2n) is 6.76.